The minimum Gasteiger partial charge on any atom is -0.427 e. The average Bonchev–Trinajstić information content (AvgIpc) is 2.11. The minimum absolute atomic E-state index is 0.0942. The fraction of sp³-hybridized carbons (Fsp3) is 0.625. The highest BCUT2D eigenvalue weighted by Crippen LogP contribution is 2.20. The number of imidazole rings is 1. The van der Waals surface area contributed by atoms with Gasteiger partial charge in [-0.1, -0.05) is 20.8 Å². The van der Waals surface area contributed by atoms with Gasteiger partial charge in [-0.05, 0) is 6.92 Å². The van der Waals surface area contributed by atoms with Gasteiger partial charge in [0.25, 0.3) is 0 Å². The summed E-state index contributed by atoms with van der Waals surface area (Å²) >= 11 is 0. The first-order valence-corrected chi connectivity index (χ1v) is 3.67. The maximum Gasteiger partial charge on any atom is 0.150 e. The summed E-state index contributed by atoms with van der Waals surface area (Å²) in [6, 6.07) is 0. The molecule has 0 radical (unpaired) electrons. The summed E-state index contributed by atoms with van der Waals surface area (Å²) in [6.07, 6.45) is 1.67. The number of nitrogens with zero attached hydrogens (tertiary/aromatic N) is 2. The van der Waals surface area contributed by atoms with E-state index in [1.54, 1.807) is 6.20 Å². The topological polar surface area (TPSA) is 38.0 Å². The second kappa shape index (κ2) is 2.26. The van der Waals surface area contributed by atoms with Crippen molar-refractivity contribution in [3.8, 4) is 0 Å². The number of aromatic nitrogens is 2. The lowest BCUT2D eigenvalue weighted by atomic mass is 9.96. The Hall–Kier alpha value is -0.990. The normalized spacial score (nSPS) is 12.0. The van der Waals surface area contributed by atoms with Gasteiger partial charge in [0.05, 0.1) is 11.9 Å². The highest BCUT2D eigenvalue weighted by molar-refractivity contribution is 5.08. The lowest BCUT2D eigenvalue weighted by Gasteiger charge is -2.16. The van der Waals surface area contributed by atoms with Gasteiger partial charge in [0.2, 0.25) is 0 Å². The van der Waals surface area contributed by atoms with Gasteiger partial charge in [-0.3, -0.25) is 0 Å². The van der Waals surface area contributed by atoms with Crippen molar-refractivity contribution in [2.75, 3.05) is 0 Å². The summed E-state index contributed by atoms with van der Waals surface area (Å²) in [5, 5.41) is 9.43. The monoisotopic (exact) mass is 154 g/mol. The van der Waals surface area contributed by atoms with Crippen LogP contribution in [0, 0.1) is 6.92 Å². The van der Waals surface area contributed by atoms with Crippen LogP contribution in [0.2, 0.25) is 0 Å². The molecule has 11 heavy (non-hydrogen) atoms. The Labute approximate surface area is 66.6 Å². The van der Waals surface area contributed by atoms with Crippen molar-refractivity contribution < 1.29 is 5.21 Å². The summed E-state index contributed by atoms with van der Waals surface area (Å²) in [5.74, 6) is 0.704. The van der Waals surface area contributed by atoms with Gasteiger partial charge >= 0.3 is 0 Å². The zero-order chi connectivity index (χ0) is 8.65. The zero-order valence-corrected chi connectivity index (χ0v) is 7.42. The Kier molecular flexibility index (Phi) is 1.66. The Morgan fingerprint density at radius 1 is 1.45 bits per heavy atom. The molecule has 1 N–H and O–H groups in total. The molecular weight excluding hydrogens is 140 g/mol. The Morgan fingerprint density at radius 3 is 2.18 bits per heavy atom. The first-order valence-electron chi connectivity index (χ1n) is 3.67. The minimum atomic E-state index is -0.0942. The molecule has 0 saturated heterocycles. The zero-order valence-electron chi connectivity index (χ0n) is 7.42. The van der Waals surface area contributed by atoms with E-state index in [1.807, 2.05) is 27.7 Å². The van der Waals surface area contributed by atoms with Gasteiger partial charge in [0.15, 0.2) is 0 Å². The molecule has 1 aromatic heterocycles. The molecule has 0 fully saturated rings. The summed E-state index contributed by atoms with van der Waals surface area (Å²) in [6.45, 7) is 7.87. The first kappa shape index (κ1) is 8.11. The maximum absolute atomic E-state index is 9.43. The number of hydrogen-bond acceptors (Lipinski definition) is 2. The molecule has 1 heterocycles. The summed E-state index contributed by atoms with van der Waals surface area (Å²) in [4.78, 5) is 4.10. The lowest BCUT2D eigenvalue weighted by Crippen LogP contribution is -2.18. The van der Waals surface area contributed by atoms with Gasteiger partial charge in [-0.15, -0.1) is 0 Å². The molecule has 0 bridgehead atoms. The van der Waals surface area contributed by atoms with Crippen molar-refractivity contribution in [1.82, 2.24) is 9.71 Å². The van der Waals surface area contributed by atoms with Crippen molar-refractivity contribution in [2.24, 2.45) is 0 Å². The quantitative estimate of drug-likeness (QED) is 0.578. The van der Waals surface area contributed by atoms with Crippen LogP contribution in [-0.4, -0.2) is 14.9 Å². The predicted octanol–water partition coefficient (Wildman–Crippen LogP) is 1.73. The molecule has 0 aliphatic rings. The third-order valence-electron chi connectivity index (χ3n) is 1.58. The van der Waals surface area contributed by atoms with Gasteiger partial charge in [-0.25, -0.2) is 4.98 Å². The van der Waals surface area contributed by atoms with Crippen LogP contribution >= 0.6 is 0 Å². The molecule has 0 amide bonds. The first-order chi connectivity index (χ1) is 4.93. The molecule has 0 aliphatic carbocycles. The van der Waals surface area contributed by atoms with Crippen LogP contribution in [-0.2, 0) is 5.41 Å². The highest BCUT2D eigenvalue weighted by atomic mass is 16.5. The van der Waals surface area contributed by atoms with E-state index in [4.69, 9.17) is 0 Å². The van der Waals surface area contributed by atoms with E-state index in [-0.39, 0.29) is 5.41 Å². The van der Waals surface area contributed by atoms with E-state index >= 15 is 0 Å². The Balaban J connectivity index is 3.15. The molecule has 3 nitrogen and oxygen atoms in total. The second-order valence-corrected chi connectivity index (χ2v) is 3.78. The van der Waals surface area contributed by atoms with Crippen molar-refractivity contribution >= 4 is 0 Å². The molecule has 0 saturated carbocycles. The van der Waals surface area contributed by atoms with Crippen LogP contribution in [0.1, 0.15) is 32.3 Å². The number of aryl methyl sites for hydroxylation is 1. The van der Waals surface area contributed by atoms with Crippen molar-refractivity contribution in [3.63, 3.8) is 0 Å². The van der Waals surface area contributed by atoms with Crippen LogP contribution in [0.3, 0.4) is 0 Å². The molecule has 1 rings (SSSR count). The molecule has 0 aliphatic heterocycles. The van der Waals surface area contributed by atoms with Crippen molar-refractivity contribution in [1.29, 1.82) is 0 Å². The van der Waals surface area contributed by atoms with E-state index in [1.165, 1.54) is 0 Å². The van der Waals surface area contributed by atoms with E-state index < -0.39 is 0 Å². The standard InChI is InChI=1S/C8H14N2O/c1-6-5-9-7(10(6)11)8(2,3)4/h5,11H,1-4H3. The van der Waals surface area contributed by atoms with Crippen molar-refractivity contribution in [3.05, 3.63) is 17.7 Å². The smallest absolute Gasteiger partial charge is 0.150 e. The van der Waals surface area contributed by atoms with Gasteiger partial charge < -0.3 is 5.21 Å². The van der Waals surface area contributed by atoms with Gasteiger partial charge in [0.1, 0.15) is 5.82 Å². The Morgan fingerprint density at radius 2 is 2.00 bits per heavy atom. The molecular formula is C8H14N2O. The predicted molar refractivity (Wildman–Crippen MR) is 42.8 cm³/mol. The Bertz CT molecular complexity index is 258. The third kappa shape index (κ3) is 1.37. The SMILES string of the molecule is Cc1cnc(C(C)(C)C)n1O. The largest absolute Gasteiger partial charge is 0.427 e. The summed E-state index contributed by atoms with van der Waals surface area (Å²) < 4.78 is 1.14. The maximum atomic E-state index is 9.43. The molecule has 0 unspecified atom stereocenters. The van der Waals surface area contributed by atoms with Crippen molar-refractivity contribution in [2.45, 2.75) is 33.1 Å². The van der Waals surface area contributed by atoms with E-state index in [0.717, 1.165) is 10.4 Å². The van der Waals surface area contributed by atoms with Crippen LogP contribution < -0.4 is 0 Å². The van der Waals surface area contributed by atoms with E-state index in [0.29, 0.717) is 5.82 Å². The van der Waals surface area contributed by atoms with Gasteiger partial charge in [-0.2, -0.15) is 4.73 Å². The van der Waals surface area contributed by atoms with Gasteiger partial charge in [0, 0.05) is 5.41 Å². The molecule has 1 aromatic rings. The molecule has 62 valence electrons. The average molecular weight is 154 g/mol. The summed E-state index contributed by atoms with van der Waals surface area (Å²) in [5.41, 5.74) is 0.679. The molecule has 3 heteroatoms. The fourth-order valence-electron chi connectivity index (χ4n) is 0.942. The fourth-order valence-corrected chi connectivity index (χ4v) is 0.942. The van der Waals surface area contributed by atoms with Crippen LogP contribution in [0.4, 0.5) is 0 Å². The van der Waals surface area contributed by atoms with E-state index in [9.17, 15) is 5.21 Å². The molecule has 0 aromatic carbocycles. The lowest BCUT2D eigenvalue weighted by molar-refractivity contribution is 0.158. The highest BCUT2D eigenvalue weighted by Gasteiger charge is 2.20. The van der Waals surface area contributed by atoms with E-state index in [2.05, 4.69) is 4.98 Å². The molecule has 0 atom stereocenters. The summed E-state index contributed by atoms with van der Waals surface area (Å²) in [7, 11) is 0. The number of rotatable bonds is 0. The second-order valence-electron chi connectivity index (χ2n) is 3.78. The molecule has 0 spiro atoms. The number of hydrogen-bond donors (Lipinski definition) is 1. The third-order valence-corrected chi connectivity index (χ3v) is 1.58. The van der Waals surface area contributed by atoms with Crippen LogP contribution in [0.15, 0.2) is 6.20 Å². The van der Waals surface area contributed by atoms with Crippen LogP contribution in [0.5, 0.6) is 0 Å². The van der Waals surface area contributed by atoms with Crippen LogP contribution in [0.25, 0.3) is 0 Å².